The number of urea groups is 1. The molecule has 5 heteroatoms. The number of anilines is 1. The zero-order chi connectivity index (χ0) is 18.5. The number of likely N-dealkylation sites (tertiary alicyclic amines) is 2. The summed E-state index contributed by atoms with van der Waals surface area (Å²) in [6, 6.07) is 7.51. The molecule has 2 aliphatic rings. The number of nitrogens with zero attached hydrogens (tertiary/aromatic N) is 2. The van der Waals surface area contributed by atoms with Crippen LogP contribution in [0.25, 0.3) is 0 Å². The molecule has 2 saturated heterocycles. The fraction of sp³-hybridized carbons (Fsp3) is 0.667. The number of rotatable bonds is 4. The Hall–Kier alpha value is -1.75. The van der Waals surface area contributed by atoms with Crippen molar-refractivity contribution in [3.63, 3.8) is 0 Å². The van der Waals surface area contributed by atoms with Crippen molar-refractivity contribution < 1.29 is 9.53 Å². The van der Waals surface area contributed by atoms with Crippen LogP contribution in [0.4, 0.5) is 10.5 Å². The Morgan fingerprint density at radius 1 is 1.19 bits per heavy atom. The Kier molecular flexibility index (Phi) is 6.41. The molecule has 0 radical (unpaired) electrons. The average Bonchev–Trinajstić information content (AvgIpc) is 2.61. The normalized spacial score (nSPS) is 25.1. The SMILES string of the molecule is COc1cccc(NC(=O)N2CCC(CN3C[C@H](C)C[C@H](C)C3)CC2)c1. The number of nitrogens with one attached hydrogen (secondary N) is 1. The maximum absolute atomic E-state index is 12.5. The summed E-state index contributed by atoms with van der Waals surface area (Å²) in [5, 5.41) is 2.99. The number of amides is 2. The van der Waals surface area contributed by atoms with Crippen LogP contribution in [0.5, 0.6) is 5.75 Å². The second-order valence-electron chi connectivity index (χ2n) is 8.26. The molecule has 0 bridgehead atoms. The summed E-state index contributed by atoms with van der Waals surface area (Å²) >= 11 is 0. The maximum atomic E-state index is 12.5. The fourth-order valence-electron chi connectivity index (χ4n) is 4.53. The van der Waals surface area contributed by atoms with Gasteiger partial charge in [0, 0.05) is 44.5 Å². The first kappa shape index (κ1) is 19.0. The van der Waals surface area contributed by atoms with Crippen LogP contribution in [0.15, 0.2) is 24.3 Å². The predicted octanol–water partition coefficient (Wildman–Crippen LogP) is 3.92. The lowest BCUT2D eigenvalue weighted by molar-refractivity contribution is 0.101. The lowest BCUT2D eigenvalue weighted by Crippen LogP contribution is -2.46. The number of ether oxygens (including phenoxy) is 1. The van der Waals surface area contributed by atoms with Crippen molar-refractivity contribution in [1.29, 1.82) is 0 Å². The first-order valence-electron chi connectivity index (χ1n) is 9.96. The number of carbonyl (C=O) groups excluding carboxylic acids is 1. The van der Waals surface area contributed by atoms with Crippen LogP contribution in [0, 0.1) is 17.8 Å². The van der Waals surface area contributed by atoms with Crippen molar-refractivity contribution >= 4 is 11.7 Å². The molecule has 0 spiro atoms. The molecule has 2 aliphatic heterocycles. The molecule has 5 nitrogen and oxygen atoms in total. The Morgan fingerprint density at radius 3 is 2.54 bits per heavy atom. The molecule has 3 rings (SSSR count). The second-order valence-corrected chi connectivity index (χ2v) is 8.26. The number of benzene rings is 1. The molecule has 2 heterocycles. The lowest BCUT2D eigenvalue weighted by Gasteiger charge is -2.39. The van der Waals surface area contributed by atoms with E-state index in [4.69, 9.17) is 4.74 Å². The number of piperidine rings is 2. The first-order chi connectivity index (χ1) is 12.5. The highest BCUT2D eigenvalue weighted by Gasteiger charge is 2.27. The number of hydrogen-bond donors (Lipinski definition) is 1. The number of carbonyl (C=O) groups is 1. The standard InChI is InChI=1S/C21H33N3O2/c1-16-11-17(2)14-23(13-16)15-18-7-9-24(10-8-18)21(25)22-19-5-4-6-20(12-19)26-3/h4-6,12,16-18H,7-11,13-15H2,1-3H3,(H,22,25)/t16-,17+. The molecule has 144 valence electrons. The molecule has 1 aromatic rings. The summed E-state index contributed by atoms with van der Waals surface area (Å²) in [5.74, 6) is 3.10. The third-order valence-corrected chi connectivity index (χ3v) is 5.68. The fourth-order valence-corrected chi connectivity index (χ4v) is 4.53. The maximum Gasteiger partial charge on any atom is 0.321 e. The van der Waals surface area contributed by atoms with Gasteiger partial charge in [-0.05, 0) is 49.1 Å². The van der Waals surface area contributed by atoms with Crippen LogP contribution in [0.3, 0.4) is 0 Å². The highest BCUT2D eigenvalue weighted by atomic mass is 16.5. The van der Waals surface area contributed by atoms with Crippen LogP contribution >= 0.6 is 0 Å². The summed E-state index contributed by atoms with van der Waals surface area (Å²) < 4.78 is 5.21. The van der Waals surface area contributed by atoms with Gasteiger partial charge in [-0.25, -0.2) is 4.79 Å². The van der Waals surface area contributed by atoms with E-state index in [0.717, 1.165) is 49.2 Å². The molecule has 1 aromatic carbocycles. The highest BCUT2D eigenvalue weighted by Crippen LogP contribution is 2.25. The van der Waals surface area contributed by atoms with Crippen molar-refractivity contribution in [1.82, 2.24) is 9.80 Å². The number of hydrogen-bond acceptors (Lipinski definition) is 3. The average molecular weight is 360 g/mol. The molecule has 2 atom stereocenters. The van der Waals surface area contributed by atoms with E-state index in [2.05, 4.69) is 24.1 Å². The van der Waals surface area contributed by atoms with Crippen molar-refractivity contribution in [2.45, 2.75) is 33.1 Å². The van der Waals surface area contributed by atoms with Crippen LogP contribution in [-0.4, -0.2) is 55.7 Å². The quantitative estimate of drug-likeness (QED) is 0.886. The van der Waals surface area contributed by atoms with Crippen LogP contribution in [0.2, 0.25) is 0 Å². The third-order valence-electron chi connectivity index (χ3n) is 5.68. The molecule has 1 N–H and O–H groups in total. The summed E-state index contributed by atoms with van der Waals surface area (Å²) in [6.45, 7) is 10.1. The number of methoxy groups -OCH3 is 1. The monoisotopic (exact) mass is 359 g/mol. The Labute approximate surface area is 157 Å². The van der Waals surface area contributed by atoms with Crippen molar-refractivity contribution in [2.75, 3.05) is 45.2 Å². The minimum absolute atomic E-state index is 0.00285. The summed E-state index contributed by atoms with van der Waals surface area (Å²) in [4.78, 5) is 17.1. The second kappa shape index (κ2) is 8.76. The van der Waals surface area contributed by atoms with Gasteiger partial charge in [0.15, 0.2) is 0 Å². The van der Waals surface area contributed by atoms with E-state index in [-0.39, 0.29) is 6.03 Å². The molecule has 0 aliphatic carbocycles. The molecule has 0 saturated carbocycles. The van der Waals surface area contributed by atoms with Gasteiger partial charge in [0.2, 0.25) is 0 Å². The Balaban J connectivity index is 1.45. The summed E-state index contributed by atoms with van der Waals surface area (Å²) in [6.07, 6.45) is 3.56. The van der Waals surface area contributed by atoms with Gasteiger partial charge in [-0.3, -0.25) is 0 Å². The van der Waals surface area contributed by atoms with Gasteiger partial charge < -0.3 is 19.9 Å². The van der Waals surface area contributed by atoms with Gasteiger partial charge in [0.05, 0.1) is 7.11 Å². The smallest absolute Gasteiger partial charge is 0.321 e. The molecular formula is C21H33N3O2. The Bertz CT molecular complexity index is 589. The van der Waals surface area contributed by atoms with Crippen LogP contribution in [0.1, 0.15) is 33.1 Å². The Morgan fingerprint density at radius 2 is 1.88 bits per heavy atom. The van der Waals surface area contributed by atoms with E-state index < -0.39 is 0 Å². The van der Waals surface area contributed by atoms with Gasteiger partial charge in [-0.15, -0.1) is 0 Å². The molecule has 26 heavy (non-hydrogen) atoms. The van der Waals surface area contributed by atoms with Gasteiger partial charge >= 0.3 is 6.03 Å². The van der Waals surface area contributed by atoms with Crippen molar-refractivity contribution in [2.24, 2.45) is 17.8 Å². The molecular weight excluding hydrogens is 326 g/mol. The topological polar surface area (TPSA) is 44.8 Å². The van der Waals surface area contributed by atoms with Crippen molar-refractivity contribution in [3.8, 4) is 5.75 Å². The molecule has 2 fully saturated rings. The van der Waals surface area contributed by atoms with E-state index in [1.807, 2.05) is 29.2 Å². The zero-order valence-corrected chi connectivity index (χ0v) is 16.4. The third kappa shape index (κ3) is 5.13. The van der Waals surface area contributed by atoms with Gasteiger partial charge in [-0.1, -0.05) is 19.9 Å². The predicted molar refractivity (Wildman–Crippen MR) is 106 cm³/mol. The van der Waals surface area contributed by atoms with E-state index in [1.165, 1.54) is 26.1 Å². The van der Waals surface area contributed by atoms with Gasteiger partial charge in [0.25, 0.3) is 0 Å². The van der Waals surface area contributed by atoms with Gasteiger partial charge in [0.1, 0.15) is 5.75 Å². The van der Waals surface area contributed by atoms with E-state index in [9.17, 15) is 4.79 Å². The van der Waals surface area contributed by atoms with Crippen molar-refractivity contribution in [3.05, 3.63) is 24.3 Å². The van der Waals surface area contributed by atoms with E-state index in [0.29, 0.717) is 5.92 Å². The molecule has 0 unspecified atom stereocenters. The lowest BCUT2D eigenvalue weighted by atomic mass is 9.89. The van der Waals surface area contributed by atoms with Crippen LogP contribution < -0.4 is 10.1 Å². The largest absolute Gasteiger partial charge is 0.497 e. The summed E-state index contributed by atoms with van der Waals surface area (Å²) in [7, 11) is 1.63. The van der Waals surface area contributed by atoms with E-state index >= 15 is 0 Å². The van der Waals surface area contributed by atoms with Gasteiger partial charge in [-0.2, -0.15) is 0 Å². The molecule has 2 amide bonds. The first-order valence-corrected chi connectivity index (χ1v) is 9.96. The molecule has 0 aromatic heterocycles. The summed E-state index contributed by atoms with van der Waals surface area (Å²) in [5.41, 5.74) is 0.785. The minimum Gasteiger partial charge on any atom is -0.497 e. The minimum atomic E-state index is -0.00285. The zero-order valence-electron chi connectivity index (χ0n) is 16.4. The highest BCUT2D eigenvalue weighted by molar-refractivity contribution is 5.89. The van der Waals surface area contributed by atoms with E-state index in [1.54, 1.807) is 7.11 Å². The van der Waals surface area contributed by atoms with Crippen LogP contribution in [-0.2, 0) is 0 Å².